The summed E-state index contributed by atoms with van der Waals surface area (Å²) in [6.45, 7) is 0.255. The molecular formula is C23H23F2N3O3. The van der Waals surface area contributed by atoms with E-state index in [2.05, 4.69) is 10.1 Å². The molecule has 0 saturated carbocycles. The zero-order valence-electron chi connectivity index (χ0n) is 16.8. The Bertz CT molecular complexity index is 988. The molecule has 0 aliphatic heterocycles. The molecule has 1 heterocycles. The number of carboxylic acid groups (broad SMARTS) is 1. The molecule has 0 spiro atoms. The van der Waals surface area contributed by atoms with Crippen molar-refractivity contribution in [1.82, 2.24) is 9.55 Å². The summed E-state index contributed by atoms with van der Waals surface area (Å²) in [6, 6.07) is 11.8. The largest absolute Gasteiger partial charge is 0.481 e. The van der Waals surface area contributed by atoms with Crippen LogP contribution in [0.2, 0.25) is 0 Å². The van der Waals surface area contributed by atoms with E-state index in [1.807, 2.05) is 4.57 Å². The maximum absolute atomic E-state index is 13.5. The Morgan fingerprint density at radius 3 is 2.35 bits per heavy atom. The summed E-state index contributed by atoms with van der Waals surface area (Å²) in [4.78, 5) is 20.3. The number of rotatable bonds is 11. The van der Waals surface area contributed by atoms with E-state index in [1.54, 1.807) is 43.0 Å². The molecule has 8 heteroatoms. The summed E-state index contributed by atoms with van der Waals surface area (Å²) >= 11 is 0. The average molecular weight is 427 g/mol. The lowest BCUT2D eigenvalue weighted by atomic mass is 9.96. The van der Waals surface area contributed by atoms with Gasteiger partial charge in [-0.15, -0.1) is 0 Å². The molecule has 0 amide bonds. The van der Waals surface area contributed by atoms with Gasteiger partial charge >= 0.3 is 5.97 Å². The molecule has 0 saturated heterocycles. The van der Waals surface area contributed by atoms with Crippen LogP contribution in [0.15, 0.2) is 72.4 Å². The number of carbonyl (C=O) groups is 1. The Balaban J connectivity index is 1.86. The van der Waals surface area contributed by atoms with Gasteiger partial charge in [0.15, 0.2) is 0 Å². The van der Waals surface area contributed by atoms with Crippen LogP contribution in [-0.2, 0) is 16.1 Å². The molecule has 0 bridgehead atoms. The summed E-state index contributed by atoms with van der Waals surface area (Å²) in [5, 5.41) is 13.1. The first-order valence-electron chi connectivity index (χ1n) is 9.92. The van der Waals surface area contributed by atoms with Gasteiger partial charge < -0.3 is 14.5 Å². The van der Waals surface area contributed by atoms with Crippen LogP contribution < -0.4 is 0 Å². The van der Waals surface area contributed by atoms with Crippen LogP contribution in [0.1, 0.15) is 36.4 Å². The van der Waals surface area contributed by atoms with Crippen LogP contribution in [-0.4, -0.2) is 32.9 Å². The van der Waals surface area contributed by atoms with Crippen molar-refractivity contribution in [3.05, 3.63) is 90.0 Å². The minimum absolute atomic E-state index is 0.0696. The molecule has 1 unspecified atom stereocenters. The van der Waals surface area contributed by atoms with Crippen LogP contribution in [0.3, 0.4) is 0 Å². The third-order valence-corrected chi connectivity index (χ3v) is 4.72. The molecule has 6 nitrogen and oxygen atoms in total. The smallest absolute Gasteiger partial charge is 0.303 e. The average Bonchev–Trinajstić information content (AvgIpc) is 3.29. The number of hydrogen-bond acceptors (Lipinski definition) is 4. The number of hydrogen-bond donors (Lipinski definition) is 1. The fourth-order valence-electron chi connectivity index (χ4n) is 3.13. The Morgan fingerprint density at radius 1 is 1.06 bits per heavy atom. The SMILES string of the molecule is O=C(O)CCCCO/N=C(/c1ccc(F)cc1)C(Cc1ccc(F)cc1)n1ccnc1. The summed E-state index contributed by atoms with van der Waals surface area (Å²) < 4.78 is 28.7. The molecule has 1 atom stereocenters. The zero-order valence-corrected chi connectivity index (χ0v) is 16.8. The summed E-state index contributed by atoms with van der Waals surface area (Å²) in [6.07, 6.45) is 6.67. The van der Waals surface area contributed by atoms with Gasteiger partial charge in [0.25, 0.3) is 0 Å². The maximum Gasteiger partial charge on any atom is 0.303 e. The van der Waals surface area contributed by atoms with Crippen molar-refractivity contribution in [3.8, 4) is 0 Å². The second-order valence-electron chi connectivity index (χ2n) is 7.02. The quantitative estimate of drug-likeness (QED) is 0.275. The lowest BCUT2D eigenvalue weighted by Gasteiger charge is -2.21. The molecule has 31 heavy (non-hydrogen) atoms. The van der Waals surface area contributed by atoms with Crippen molar-refractivity contribution < 1.29 is 23.5 Å². The highest BCUT2D eigenvalue weighted by Crippen LogP contribution is 2.22. The molecule has 0 fully saturated rings. The van der Waals surface area contributed by atoms with E-state index < -0.39 is 5.97 Å². The number of imidazole rings is 1. The predicted molar refractivity (Wildman–Crippen MR) is 112 cm³/mol. The molecule has 0 aliphatic carbocycles. The van der Waals surface area contributed by atoms with Gasteiger partial charge in [-0.25, -0.2) is 13.8 Å². The highest BCUT2D eigenvalue weighted by atomic mass is 19.1. The number of unbranched alkanes of at least 4 members (excludes halogenated alkanes) is 1. The standard InChI is InChI=1S/C23H23F2N3O3/c24-19-8-4-17(5-9-19)15-21(28-13-12-26-16-28)23(18-6-10-20(25)11-7-18)27-31-14-2-1-3-22(29)30/h4-13,16,21H,1-3,14-15H2,(H,29,30)/b27-23-. The van der Waals surface area contributed by atoms with Crippen molar-refractivity contribution in [2.24, 2.45) is 5.16 Å². The number of nitrogens with zero attached hydrogens (tertiary/aromatic N) is 3. The molecule has 0 aliphatic rings. The van der Waals surface area contributed by atoms with Gasteiger partial charge in [-0.3, -0.25) is 4.79 Å². The van der Waals surface area contributed by atoms with Crippen LogP contribution in [0, 0.1) is 11.6 Å². The van der Waals surface area contributed by atoms with Crippen molar-refractivity contribution in [2.75, 3.05) is 6.61 Å². The monoisotopic (exact) mass is 427 g/mol. The van der Waals surface area contributed by atoms with Gasteiger partial charge in [-0.05, 0) is 49.1 Å². The predicted octanol–water partition coefficient (Wildman–Crippen LogP) is 4.62. The van der Waals surface area contributed by atoms with E-state index in [4.69, 9.17) is 9.94 Å². The minimum atomic E-state index is -0.852. The molecule has 1 aromatic heterocycles. The Morgan fingerprint density at radius 2 is 1.74 bits per heavy atom. The molecular weight excluding hydrogens is 404 g/mol. The lowest BCUT2D eigenvalue weighted by molar-refractivity contribution is -0.137. The number of carboxylic acids is 1. The molecule has 3 rings (SSSR count). The summed E-state index contributed by atoms with van der Waals surface area (Å²) in [7, 11) is 0. The number of halogens is 2. The van der Waals surface area contributed by atoms with Crippen LogP contribution in [0.4, 0.5) is 8.78 Å². The van der Waals surface area contributed by atoms with Gasteiger partial charge in [0.05, 0.1) is 12.4 Å². The molecule has 1 N–H and O–H groups in total. The van der Waals surface area contributed by atoms with E-state index >= 15 is 0 Å². The fraction of sp³-hybridized carbons (Fsp3) is 0.261. The fourth-order valence-corrected chi connectivity index (χ4v) is 3.13. The normalized spacial score (nSPS) is 12.5. The first-order valence-corrected chi connectivity index (χ1v) is 9.92. The highest BCUT2D eigenvalue weighted by molar-refractivity contribution is 6.03. The highest BCUT2D eigenvalue weighted by Gasteiger charge is 2.21. The summed E-state index contributed by atoms with van der Waals surface area (Å²) in [5.74, 6) is -1.54. The van der Waals surface area contributed by atoms with E-state index in [0.29, 0.717) is 30.5 Å². The van der Waals surface area contributed by atoms with Crippen molar-refractivity contribution in [2.45, 2.75) is 31.7 Å². The van der Waals surface area contributed by atoms with E-state index in [0.717, 1.165) is 5.56 Å². The third kappa shape index (κ3) is 6.74. The zero-order chi connectivity index (χ0) is 22.1. The summed E-state index contributed by atoms with van der Waals surface area (Å²) in [5.41, 5.74) is 2.12. The lowest BCUT2D eigenvalue weighted by Crippen LogP contribution is -2.23. The van der Waals surface area contributed by atoms with Crippen LogP contribution in [0.25, 0.3) is 0 Å². The first-order chi connectivity index (χ1) is 15.0. The van der Waals surface area contributed by atoms with E-state index in [-0.39, 0.29) is 30.7 Å². The second kappa shape index (κ2) is 11.0. The molecule has 2 aromatic carbocycles. The minimum Gasteiger partial charge on any atom is -0.481 e. The maximum atomic E-state index is 13.5. The van der Waals surface area contributed by atoms with Gasteiger partial charge in [0.1, 0.15) is 24.0 Å². The molecule has 0 radical (unpaired) electrons. The van der Waals surface area contributed by atoms with Gasteiger partial charge in [-0.2, -0.15) is 0 Å². The topological polar surface area (TPSA) is 76.7 Å². The first kappa shape index (κ1) is 22.1. The third-order valence-electron chi connectivity index (χ3n) is 4.72. The number of aliphatic carboxylic acids is 1. The van der Waals surface area contributed by atoms with E-state index in [9.17, 15) is 13.6 Å². The molecule has 162 valence electrons. The van der Waals surface area contributed by atoms with Crippen molar-refractivity contribution in [1.29, 1.82) is 0 Å². The Hall–Kier alpha value is -3.55. The Kier molecular flexibility index (Phi) is 7.86. The second-order valence-corrected chi connectivity index (χ2v) is 7.02. The number of oxime groups is 1. The van der Waals surface area contributed by atoms with Gasteiger partial charge in [0.2, 0.25) is 0 Å². The van der Waals surface area contributed by atoms with Crippen molar-refractivity contribution in [3.63, 3.8) is 0 Å². The van der Waals surface area contributed by atoms with Crippen LogP contribution in [0.5, 0.6) is 0 Å². The van der Waals surface area contributed by atoms with Gasteiger partial charge in [0, 0.05) is 24.4 Å². The molecule has 3 aromatic rings. The Labute approximate surface area is 178 Å². The number of aromatic nitrogens is 2. The van der Waals surface area contributed by atoms with Crippen LogP contribution >= 0.6 is 0 Å². The number of benzene rings is 2. The van der Waals surface area contributed by atoms with E-state index in [1.165, 1.54) is 24.3 Å². The van der Waals surface area contributed by atoms with Crippen molar-refractivity contribution >= 4 is 11.7 Å². The van der Waals surface area contributed by atoms with Gasteiger partial charge in [-0.1, -0.05) is 29.4 Å².